The third-order valence-electron chi connectivity index (χ3n) is 3.79. The van der Waals surface area contributed by atoms with Gasteiger partial charge in [-0.2, -0.15) is 5.10 Å². The number of aryl methyl sites for hydroxylation is 2. The normalized spacial score (nSPS) is 14.3. The van der Waals surface area contributed by atoms with Crippen molar-refractivity contribution in [3.8, 4) is 0 Å². The number of nitrogens with zero attached hydrogens (tertiary/aromatic N) is 2. The Hall–Kier alpha value is -1.17. The van der Waals surface area contributed by atoms with Crippen LogP contribution >= 0.6 is 11.3 Å². The maximum absolute atomic E-state index is 10.5. The van der Waals surface area contributed by atoms with Gasteiger partial charge in [-0.3, -0.25) is 4.68 Å². The molecule has 2 aromatic heterocycles. The minimum atomic E-state index is -0.824. The molecule has 0 bridgehead atoms. The molecule has 0 fully saturated rings. The van der Waals surface area contributed by atoms with E-state index in [0.29, 0.717) is 6.54 Å². The number of nitrogens with one attached hydrogen (secondary N) is 1. The lowest BCUT2D eigenvalue weighted by Gasteiger charge is -2.22. The Balaban J connectivity index is 1.98. The molecular formula is C16H25N3OS. The molecule has 0 spiro atoms. The zero-order chi connectivity index (χ0) is 15.5. The van der Waals surface area contributed by atoms with Crippen LogP contribution in [0.5, 0.6) is 0 Å². The molecule has 4 nitrogen and oxygen atoms in total. The predicted octanol–water partition coefficient (Wildman–Crippen LogP) is 2.97. The van der Waals surface area contributed by atoms with Crippen LogP contribution in [0.15, 0.2) is 17.5 Å². The van der Waals surface area contributed by atoms with Crippen LogP contribution in [0, 0.1) is 13.8 Å². The highest BCUT2D eigenvalue weighted by atomic mass is 32.1. The van der Waals surface area contributed by atoms with Crippen molar-refractivity contribution in [3.63, 3.8) is 0 Å². The predicted molar refractivity (Wildman–Crippen MR) is 87.6 cm³/mol. The Kier molecular flexibility index (Phi) is 5.19. The molecule has 2 N–H and O–H groups in total. The van der Waals surface area contributed by atoms with Crippen LogP contribution in [0.25, 0.3) is 0 Å². The van der Waals surface area contributed by atoms with Gasteiger partial charge in [0.15, 0.2) is 0 Å². The minimum Gasteiger partial charge on any atom is -0.383 e. The van der Waals surface area contributed by atoms with E-state index in [4.69, 9.17) is 0 Å². The number of hydrogen-bond acceptors (Lipinski definition) is 4. The monoisotopic (exact) mass is 307 g/mol. The van der Waals surface area contributed by atoms with Gasteiger partial charge in [0.2, 0.25) is 0 Å². The van der Waals surface area contributed by atoms with E-state index < -0.39 is 5.60 Å². The summed E-state index contributed by atoms with van der Waals surface area (Å²) in [6.07, 6.45) is 1.09. The van der Waals surface area contributed by atoms with Gasteiger partial charge in [-0.15, -0.1) is 11.3 Å². The summed E-state index contributed by atoms with van der Waals surface area (Å²) in [6.45, 7) is 10.4. The number of aromatic nitrogens is 2. The van der Waals surface area contributed by atoms with Crippen LogP contribution in [0.3, 0.4) is 0 Å². The third kappa shape index (κ3) is 3.73. The lowest BCUT2D eigenvalue weighted by atomic mass is 10.1. The zero-order valence-corrected chi connectivity index (χ0v) is 14.1. The molecule has 0 aromatic carbocycles. The standard InChI is InChI=1S/C16H25N3OS/c1-5-8-19-13(3)14(12(2)18-19)10-17-11-16(4,20)15-7-6-9-21-15/h6-7,9,17,20H,5,8,10-11H2,1-4H3. The van der Waals surface area contributed by atoms with Crippen LogP contribution in [0.1, 0.15) is 42.1 Å². The van der Waals surface area contributed by atoms with Crippen molar-refractivity contribution in [3.05, 3.63) is 39.3 Å². The van der Waals surface area contributed by atoms with Gasteiger partial charge in [-0.1, -0.05) is 13.0 Å². The molecule has 0 amide bonds. The maximum Gasteiger partial charge on any atom is 0.108 e. The molecule has 21 heavy (non-hydrogen) atoms. The Bertz CT molecular complexity index is 573. The fourth-order valence-corrected chi connectivity index (χ4v) is 3.31. The van der Waals surface area contributed by atoms with Crippen LogP contribution in [0.2, 0.25) is 0 Å². The van der Waals surface area contributed by atoms with Gasteiger partial charge in [0.05, 0.1) is 5.69 Å². The lowest BCUT2D eigenvalue weighted by Crippen LogP contribution is -2.34. The number of aliphatic hydroxyl groups is 1. The van der Waals surface area contributed by atoms with Crippen LogP contribution < -0.4 is 5.32 Å². The second kappa shape index (κ2) is 6.73. The first-order valence-electron chi connectivity index (χ1n) is 7.45. The van der Waals surface area contributed by atoms with Crippen molar-refractivity contribution >= 4 is 11.3 Å². The van der Waals surface area contributed by atoms with Crippen molar-refractivity contribution < 1.29 is 5.11 Å². The van der Waals surface area contributed by atoms with Gasteiger partial charge in [0.1, 0.15) is 5.60 Å². The molecule has 2 heterocycles. The number of rotatable bonds is 7. The van der Waals surface area contributed by atoms with E-state index in [0.717, 1.165) is 30.1 Å². The molecule has 2 rings (SSSR count). The average Bonchev–Trinajstić information content (AvgIpc) is 3.04. The molecule has 0 radical (unpaired) electrons. The van der Waals surface area contributed by atoms with Gasteiger partial charge in [0, 0.05) is 35.8 Å². The Labute approximate surface area is 130 Å². The highest BCUT2D eigenvalue weighted by Gasteiger charge is 2.24. The average molecular weight is 307 g/mol. The van der Waals surface area contributed by atoms with Crippen molar-refractivity contribution in [1.82, 2.24) is 15.1 Å². The third-order valence-corrected chi connectivity index (χ3v) is 4.91. The first-order valence-corrected chi connectivity index (χ1v) is 8.33. The first-order chi connectivity index (χ1) is 9.95. The second-order valence-corrected chi connectivity index (χ2v) is 6.67. The van der Waals surface area contributed by atoms with Crippen LogP contribution in [-0.2, 0) is 18.7 Å². The fraction of sp³-hybridized carbons (Fsp3) is 0.562. The molecule has 5 heteroatoms. The second-order valence-electron chi connectivity index (χ2n) is 5.73. The van der Waals surface area contributed by atoms with E-state index in [1.54, 1.807) is 11.3 Å². The Morgan fingerprint density at radius 1 is 1.43 bits per heavy atom. The van der Waals surface area contributed by atoms with E-state index >= 15 is 0 Å². The summed E-state index contributed by atoms with van der Waals surface area (Å²) in [5.74, 6) is 0. The summed E-state index contributed by atoms with van der Waals surface area (Å²) < 4.78 is 2.07. The maximum atomic E-state index is 10.5. The molecule has 2 aromatic rings. The Morgan fingerprint density at radius 2 is 2.19 bits per heavy atom. The van der Waals surface area contributed by atoms with Crippen molar-refractivity contribution in [1.29, 1.82) is 0 Å². The van der Waals surface area contributed by atoms with Gasteiger partial charge < -0.3 is 10.4 Å². The van der Waals surface area contributed by atoms with E-state index in [9.17, 15) is 5.11 Å². The van der Waals surface area contributed by atoms with Crippen molar-refractivity contribution in [2.75, 3.05) is 6.54 Å². The van der Waals surface area contributed by atoms with Gasteiger partial charge in [0.25, 0.3) is 0 Å². The van der Waals surface area contributed by atoms with Gasteiger partial charge in [-0.05, 0) is 38.6 Å². The summed E-state index contributed by atoms with van der Waals surface area (Å²) in [6, 6.07) is 3.94. The van der Waals surface area contributed by atoms with Crippen LogP contribution in [0.4, 0.5) is 0 Å². The SMILES string of the molecule is CCCn1nc(C)c(CNCC(C)(O)c2cccs2)c1C. The molecule has 0 aliphatic heterocycles. The molecule has 1 atom stereocenters. The highest BCUT2D eigenvalue weighted by molar-refractivity contribution is 7.10. The fourth-order valence-electron chi connectivity index (χ4n) is 2.52. The largest absolute Gasteiger partial charge is 0.383 e. The molecule has 0 saturated heterocycles. The summed E-state index contributed by atoms with van der Waals surface area (Å²) in [7, 11) is 0. The topological polar surface area (TPSA) is 50.1 Å². The van der Waals surface area contributed by atoms with Crippen molar-refractivity contribution in [2.45, 2.75) is 52.8 Å². The summed E-state index contributed by atoms with van der Waals surface area (Å²) in [5, 5.41) is 20.5. The van der Waals surface area contributed by atoms with Gasteiger partial charge >= 0.3 is 0 Å². The molecule has 0 saturated carbocycles. The quantitative estimate of drug-likeness (QED) is 0.827. The molecule has 0 aliphatic carbocycles. The van der Waals surface area contributed by atoms with E-state index in [-0.39, 0.29) is 0 Å². The summed E-state index contributed by atoms with van der Waals surface area (Å²) in [5.41, 5.74) is 2.71. The molecule has 0 aliphatic rings. The Morgan fingerprint density at radius 3 is 2.81 bits per heavy atom. The molecule has 116 valence electrons. The zero-order valence-electron chi connectivity index (χ0n) is 13.3. The van der Waals surface area contributed by atoms with E-state index in [1.807, 2.05) is 31.4 Å². The van der Waals surface area contributed by atoms with Crippen molar-refractivity contribution in [2.24, 2.45) is 0 Å². The summed E-state index contributed by atoms with van der Waals surface area (Å²) >= 11 is 1.59. The first kappa shape index (κ1) is 16.2. The smallest absolute Gasteiger partial charge is 0.108 e. The van der Waals surface area contributed by atoms with E-state index in [2.05, 4.69) is 28.9 Å². The summed E-state index contributed by atoms with van der Waals surface area (Å²) in [4.78, 5) is 0.991. The van der Waals surface area contributed by atoms with E-state index in [1.165, 1.54) is 11.3 Å². The number of hydrogen-bond donors (Lipinski definition) is 2. The highest BCUT2D eigenvalue weighted by Crippen LogP contribution is 2.24. The van der Waals surface area contributed by atoms with Crippen LogP contribution in [-0.4, -0.2) is 21.4 Å². The minimum absolute atomic E-state index is 0.533. The lowest BCUT2D eigenvalue weighted by molar-refractivity contribution is 0.0604. The molecular weight excluding hydrogens is 282 g/mol. The van der Waals surface area contributed by atoms with Gasteiger partial charge in [-0.25, -0.2) is 0 Å². The number of thiophene rings is 1. The molecule has 1 unspecified atom stereocenters.